The van der Waals surface area contributed by atoms with Gasteiger partial charge in [-0.15, -0.1) is 11.3 Å². The van der Waals surface area contributed by atoms with Crippen molar-refractivity contribution in [2.24, 2.45) is 0 Å². The van der Waals surface area contributed by atoms with Crippen LogP contribution in [0.4, 0.5) is 11.4 Å². The molecule has 1 aliphatic rings. The van der Waals surface area contributed by atoms with Crippen molar-refractivity contribution in [1.82, 2.24) is 0 Å². The predicted molar refractivity (Wildman–Crippen MR) is 85.7 cm³/mol. The number of hydrogen-bond donors (Lipinski definition) is 1. The third-order valence-electron chi connectivity index (χ3n) is 3.53. The molecule has 2 N–H and O–H groups in total. The molecule has 0 aliphatic carbocycles. The summed E-state index contributed by atoms with van der Waals surface area (Å²) in [5, 5.41) is 2.18. The number of hydrogen-bond acceptors (Lipinski definition) is 4. The van der Waals surface area contributed by atoms with Crippen molar-refractivity contribution >= 4 is 22.7 Å². The van der Waals surface area contributed by atoms with Crippen LogP contribution >= 0.6 is 11.3 Å². The van der Waals surface area contributed by atoms with Gasteiger partial charge >= 0.3 is 0 Å². The number of anilines is 2. The molecule has 0 saturated carbocycles. The van der Waals surface area contributed by atoms with Crippen molar-refractivity contribution in [3.05, 3.63) is 40.1 Å². The molecule has 2 aromatic rings. The molecule has 0 amide bonds. The second-order valence-corrected chi connectivity index (χ2v) is 6.43. The monoisotopic (exact) mass is 288 g/mol. The van der Waals surface area contributed by atoms with Crippen LogP contribution in [0.25, 0.3) is 0 Å². The number of nitrogens with two attached hydrogens (primary N) is 1. The van der Waals surface area contributed by atoms with Gasteiger partial charge in [0.2, 0.25) is 0 Å². The van der Waals surface area contributed by atoms with Crippen LogP contribution in [-0.2, 0) is 13.0 Å². The number of nitrogen functional groups attached to an aromatic ring is 1. The molecule has 20 heavy (non-hydrogen) atoms. The SMILES string of the molecule is CC(C)Oc1cc(N2CCc3sccc3C2)ccc1N. The number of ether oxygens (including phenoxy) is 1. The van der Waals surface area contributed by atoms with Gasteiger partial charge in [0, 0.05) is 29.7 Å². The molecule has 106 valence electrons. The fraction of sp³-hybridized carbons (Fsp3) is 0.375. The smallest absolute Gasteiger partial charge is 0.144 e. The zero-order valence-electron chi connectivity index (χ0n) is 11.9. The fourth-order valence-corrected chi connectivity index (χ4v) is 3.43. The van der Waals surface area contributed by atoms with Crippen LogP contribution < -0.4 is 15.4 Å². The molecule has 1 aromatic carbocycles. The summed E-state index contributed by atoms with van der Waals surface area (Å²) in [7, 11) is 0. The van der Waals surface area contributed by atoms with E-state index in [4.69, 9.17) is 10.5 Å². The Kier molecular flexibility index (Phi) is 3.57. The lowest BCUT2D eigenvalue weighted by molar-refractivity contribution is 0.244. The summed E-state index contributed by atoms with van der Waals surface area (Å²) < 4.78 is 5.78. The molecule has 0 atom stereocenters. The van der Waals surface area contributed by atoms with Gasteiger partial charge in [0.1, 0.15) is 5.75 Å². The van der Waals surface area contributed by atoms with Gasteiger partial charge in [-0.05, 0) is 49.4 Å². The molecule has 1 aliphatic heterocycles. The van der Waals surface area contributed by atoms with Gasteiger partial charge in [-0.1, -0.05) is 0 Å². The highest BCUT2D eigenvalue weighted by Crippen LogP contribution is 2.32. The molecular weight excluding hydrogens is 268 g/mol. The number of fused-ring (bicyclic) bond motifs is 1. The Morgan fingerprint density at radius 1 is 1.30 bits per heavy atom. The van der Waals surface area contributed by atoms with Crippen LogP contribution in [-0.4, -0.2) is 12.6 Å². The Balaban J connectivity index is 1.84. The van der Waals surface area contributed by atoms with E-state index < -0.39 is 0 Å². The molecule has 2 heterocycles. The predicted octanol–water partition coefficient (Wildman–Crippen LogP) is 3.68. The average molecular weight is 288 g/mol. The first-order chi connectivity index (χ1) is 9.63. The summed E-state index contributed by atoms with van der Waals surface area (Å²) in [6, 6.07) is 8.32. The number of rotatable bonds is 3. The second kappa shape index (κ2) is 5.37. The van der Waals surface area contributed by atoms with E-state index in [0.29, 0.717) is 5.69 Å². The normalized spacial score (nSPS) is 14.4. The zero-order valence-corrected chi connectivity index (χ0v) is 12.7. The quantitative estimate of drug-likeness (QED) is 0.876. The van der Waals surface area contributed by atoms with Crippen molar-refractivity contribution in [3.8, 4) is 5.75 Å². The topological polar surface area (TPSA) is 38.5 Å². The fourth-order valence-electron chi connectivity index (χ4n) is 2.54. The van der Waals surface area contributed by atoms with Crippen molar-refractivity contribution in [1.29, 1.82) is 0 Å². The number of nitrogens with zero attached hydrogens (tertiary/aromatic N) is 1. The Bertz CT molecular complexity index is 606. The first kappa shape index (κ1) is 13.3. The highest BCUT2D eigenvalue weighted by molar-refractivity contribution is 7.10. The second-order valence-electron chi connectivity index (χ2n) is 5.43. The minimum absolute atomic E-state index is 0.136. The lowest BCUT2D eigenvalue weighted by Gasteiger charge is -2.29. The first-order valence-corrected chi connectivity index (χ1v) is 7.88. The van der Waals surface area contributed by atoms with Crippen LogP contribution in [0.3, 0.4) is 0 Å². The molecular formula is C16H20N2OS. The van der Waals surface area contributed by atoms with Crippen molar-refractivity contribution < 1.29 is 4.74 Å². The van der Waals surface area contributed by atoms with Gasteiger partial charge in [-0.3, -0.25) is 0 Å². The van der Waals surface area contributed by atoms with Gasteiger partial charge in [-0.25, -0.2) is 0 Å². The zero-order chi connectivity index (χ0) is 14.1. The maximum Gasteiger partial charge on any atom is 0.144 e. The van der Waals surface area contributed by atoms with E-state index in [1.54, 1.807) is 0 Å². The Morgan fingerprint density at radius 3 is 2.95 bits per heavy atom. The van der Waals surface area contributed by atoms with E-state index in [0.717, 1.165) is 25.3 Å². The number of thiophene rings is 1. The van der Waals surface area contributed by atoms with Gasteiger partial charge in [0.15, 0.2) is 0 Å². The van der Waals surface area contributed by atoms with Gasteiger partial charge in [-0.2, -0.15) is 0 Å². The van der Waals surface area contributed by atoms with Gasteiger partial charge < -0.3 is 15.4 Å². The summed E-state index contributed by atoms with van der Waals surface area (Å²) in [5.41, 5.74) is 9.33. The van der Waals surface area contributed by atoms with E-state index in [-0.39, 0.29) is 6.10 Å². The highest BCUT2D eigenvalue weighted by Gasteiger charge is 2.18. The Hall–Kier alpha value is -1.68. The van der Waals surface area contributed by atoms with Crippen molar-refractivity contribution in [3.63, 3.8) is 0 Å². The van der Waals surface area contributed by atoms with Gasteiger partial charge in [0.25, 0.3) is 0 Å². The molecule has 4 heteroatoms. The maximum atomic E-state index is 5.99. The van der Waals surface area contributed by atoms with Crippen molar-refractivity contribution in [2.75, 3.05) is 17.2 Å². The van der Waals surface area contributed by atoms with E-state index in [1.807, 2.05) is 31.3 Å². The lowest BCUT2D eigenvalue weighted by Crippen LogP contribution is -2.29. The lowest BCUT2D eigenvalue weighted by atomic mass is 10.1. The largest absolute Gasteiger partial charge is 0.489 e. The minimum Gasteiger partial charge on any atom is -0.489 e. The molecule has 0 saturated heterocycles. The minimum atomic E-state index is 0.136. The van der Waals surface area contributed by atoms with Crippen LogP contribution in [0.5, 0.6) is 5.75 Å². The maximum absolute atomic E-state index is 5.99. The third kappa shape index (κ3) is 2.61. The average Bonchev–Trinajstić information content (AvgIpc) is 2.88. The Morgan fingerprint density at radius 2 is 2.15 bits per heavy atom. The van der Waals surface area contributed by atoms with Crippen molar-refractivity contribution in [2.45, 2.75) is 32.9 Å². The molecule has 0 unspecified atom stereocenters. The third-order valence-corrected chi connectivity index (χ3v) is 4.56. The summed E-state index contributed by atoms with van der Waals surface area (Å²) in [4.78, 5) is 3.91. The standard InChI is InChI=1S/C16H20N2OS/c1-11(2)19-15-9-13(3-4-14(15)17)18-7-5-16-12(10-18)6-8-20-16/h3-4,6,8-9,11H,5,7,10,17H2,1-2H3. The number of benzene rings is 1. The summed E-state index contributed by atoms with van der Waals surface area (Å²) >= 11 is 1.87. The molecule has 0 radical (unpaired) electrons. The van der Waals surface area contributed by atoms with E-state index in [9.17, 15) is 0 Å². The highest BCUT2D eigenvalue weighted by atomic mass is 32.1. The van der Waals surface area contributed by atoms with Crippen LogP contribution in [0, 0.1) is 0 Å². The summed E-state index contributed by atoms with van der Waals surface area (Å²) in [6.45, 7) is 6.07. The molecule has 1 aromatic heterocycles. The van der Waals surface area contributed by atoms with Crippen LogP contribution in [0.2, 0.25) is 0 Å². The molecule has 0 spiro atoms. The first-order valence-electron chi connectivity index (χ1n) is 7.00. The summed E-state index contributed by atoms with van der Waals surface area (Å²) in [5.74, 6) is 0.786. The van der Waals surface area contributed by atoms with E-state index in [2.05, 4.69) is 28.5 Å². The Labute approximate surface area is 124 Å². The van der Waals surface area contributed by atoms with E-state index in [1.165, 1.54) is 16.1 Å². The van der Waals surface area contributed by atoms with Crippen LogP contribution in [0.15, 0.2) is 29.6 Å². The van der Waals surface area contributed by atoms with E-state index >= 15 is 0 Å². The molecule has 0 bridgehead atoms. The molecule has 3 rings (SSSR count). The summed E-state index contributed by atoms with van der Waals surface area (Å²) in [6.07, 6.45) is 1.26. The van der Waals surface area contributed by atoms with Crippen LogP contribution in [0.1, 0.15) is 24.3 Å². The molecule has 3 nitrogen and oxygen atoms in total. The van der Waals surface area contributed by atoms with Gasteiger partial charge in [0.05, 0.1) is 11.8 Å². The molecule has 0 fully saturated rings.